The highest BCUT2D eigenvalue weighted by atomic mass is 32.1. The molecule has 0 spiro atoms. The number of fused-ring (bicyclic) bond motifs is 1. The summed E-state index contributed by atoms with van der Waals surface area (Å²) in [5.41, 5.74) is 10.5. The monoisotopic (exact) mass is 412 g/mol. The van der Waals surface area contributed by atoms with E-state index in [1.165, 1.54) is 16.2 Å². The van der Waals surface area contributed by atoms with E-state index in [9.17, 15) is 9.59 Å². The number of benzene rings is 1. The van der Waals surface area contributed by atoms with E-state index in [4.69, 9.17) is 5.73 Å². The zero-order chi connectivity index (χ0) is 21.0. The van der Waals surface area contributed by atoms with Crippen molar-refractivity contribution < 1.29 is 4.79 Å². The van der Waals surface area contributed by atoms with Crippen molar-refractivity contribution in [3.8, 4) is 0 Å². The molecule has 9 heteroatoms. The lowest BCUT2D eigenvalue weighted by atomic mass is 10.1. The molecule has 3 N–H and O–H groups in total. The van der Waals surface area contributed by atoms with Crippen molar-refractivity contribution in [3.63, 3.8) is 0 Å². The van der Waals surface area contributed by atoms with Gasteiger partial charge in [0.25, 0.3) is 11.5 Å². The first-order valence-corrected chi connectivity index (χ1v) is 10.3. The summed E-state index contributed by atoms with van der Waals surface area (Å²) in [6, 6.07) is 6.98. The van der Waals surface area contributed by atoms with Gasteiger partial charge in [0.05, 0.1) is 22.4 Å². The Balaban J connectivity index is 1.95. The molecule has 0 unspecified atom stereocenters. The minimum absolute atomic E-state index is 0.168. The number of anilines is 1. The average molecular weight is 413 g/mol. The van der Waals surface area contributed by atoms with E-state index >= 15 is 0 Å². The van der Waals surface area contributed by atoms with Crippen LogP contribution in [0, 0.1) is 6.92 Å². The second-order valence-corrected chi connectivity index (χ2v) is 7.58. The maximum Gasteiger partial charge on any atom is 0.292 e. The summed E-state index contributed by atoms with van der Waals surface area (Å²) in [4.78, 5) is 25.6. The van der Waals surface area contributed by atoms with Gasteiger partial charge in [-0.3, -0.25) is 9.59 Å². The zero-order valence-electron chi connectivity index (χ0n) is 16.7. The Kier molecular flexibility index (Phi) is 6.38. The van der Waals surface area contributed by atoms with E-state index in [0.717, 1.165) is 30.5 Å². The Morgan fingerprint density at radius 2 is 2.00 bits per heavy atom. The van der Waals surface area contributed by atoms with Gasteiger partial charge in [0, 0.05) is 11.9 Å². The van der Waals surface area contributed by atoms with Crippen molar-refractivity contribution in [2.75, 3.05) is 5.73 Å². The Hall–Kier alpha value is -3.07. The number of nitrogen functional groups attached to an aromatic ring is 1. The number of hydrogen-bond donors (Lipinski definition) is 2. The number of aromatic nitrogens is 3. The first kappa shape index (κ1) is 20.7. The van der Waals surface area contributed by atoms with E-state index in [1.54, 1.807) is 31.2 Å². The molecular formula is C20H24N6O2S. The predicted molar refractivity (Wildman–Crippen MR) is 116 cm³/mol. The van der Waals surface area contributed by atoms with Gasteiger partial charge in [-0.15, -0.1) is 0 Å². The first-order valence-electron chi connectivity index (χ1n) is 9.50. The highest BCUT2D eigenvalue weighted by molar-refractivity contribution is 7.10. The molecule has 0 aliphatic rings. The van der Waals surface area contributed by atoms with E-state index < -0.39 is 5.91 Å². The number of unbranched alkanes of at least 4 members (excludes halogenated alkanes) is 2. The molecule has 1 amide bonds. The minimum atomic E-state index is -0.482. The van der Waals surface area contributed by atoms with Gasteiger partial charge in [-0.1, -0.05) is 38.0 Å². The van der Waals surface area contributed by atoms with Crippen LogP contribution in [0.3, 0.4) is 0 Å². The van der Waals surface area contributed by atoms with Gasteiger partial charge in [0.1, 0.15) is 5.00 Å². The van der Waals surface area contributed by atoms with Gasteiger partial charge in [-0.25, -0.2) is 10.1 Å². The van der Waals surface area contributed by atoms with Gasteiger partial charge in [0.2, 0.25) is 0 Å². The zero-order valence-corrected chi connectivity index (χ0v) is 17.5. The number of nitrogens with zero attached hydrogens (tertiary/aromatic N) is 4. The number of amides is 1. The van der Waals surface area contributed by atoms with Gasteiger partial charge < -0.3 is 5.73 Å². The van der Waals surface area contributed by atoms with Crippen LogP contribution >= 0.6 is 11.5 Å². The number of nitrogens with one attached hydrogen (secondary N) is 1. The number of carbonyl (C=O) groups is 1. The number of hydrazone groups is 1. The highest BCUT2D eigenvalue weighted by Crippen LogP contribution is 2.21. The second kappa shape index (κ2) is 8.95. The average Bonchev–Trinajstić information content (AvgIpc) is 3.06. The van der Waals surface area contributed by atoms with E-state index in [-0.39, 0.29) is 11.3 Å². The topological polar surface area (TPSA) is 115 Å². The van der Waals surface area contributed by atoms with Crippen molar-refractivity contribution in [1.29, 1.82) is 0 Å². The first-order chi connectivity index (χ1) is 13.9. The van der Waals surface area contributed by atoms with Gasteiger partial charge >= 0.3 is 0 Å². The number of rotatable bonds is 7. The maximum atomic E-state index is 12.9. The summed E-state index contributed by atoms with van der Waals surface area (Å²) in [7, 11) is 0. The van der Waals surface area contributed by atoms with Crippen LogP contribution in [0.1, 0.15) is 54.9 Å². The van der Waals surface area contributed by atoms with Gasteiger partial charge in [-0.2, -0.15) is 14.6 Å². The fourth-order valence-corrected chi connectivity index (χ4v) is 3.85. The van der Waals surface area contributed by atoms with Crippen molar-refractivity contribution >= 4 is 38.9 Å². The molecule has 0 radical (unpaired) electrons. The number of nitrogens with two attached hydrogens (primary N) is 1. The lowest BCUT2D eigenvalue weighted by Crippen LogP contribution is -2.29. The molecule has 0 aliphatic carbocycles. The van der Waals surface area contributed by atoms with Crippen LogP contribution in [0.4, 0.5) is 5.00 Å². The maximum absolute atomic E-state index is 12.9. The molecule has 2 heterocycles. The van der Waals surface area contributed by atoms with Crippen LogP contribution in [-0.4, -0.2) is 25.8 Å². The number of hydrogen-bond acceptors (Lipinski definition) is 7. The van der Waals surface area contributed by atoms with Crippen LogP contribution in [0.15, 0.2) is 34.2 Å². The standard InChI is InChI=1S/C20H24N6O2S/c1-4-5-8-11-26-20(28)15-10-7-6-9-14(15)17(24-26)19(27)23-22-12(2)16-13(3)25-29-18(16)21/h6-7,9-10H,4-5,8,11,21H2,1-3H3,(H,23,27)/b22-12-. The Bertz CT molecular complexity index is 1110. The molecule has 0 aliphatic heterocycles. The fourth-order valence-electron chi connectivity index (χ4n) is 3.14. The Morgan fingerprint density at radius 1 is 1.28 bits per heavy atom. The summed E-state index contributed by atoms with van der Waals surface area (Å²) in [5, 5.41) is 10.0. The normalized spacial score (nSPS) is 11.8. The van der Waals surface area contributed by atoms with E-state index in [1.807, 2.05) is 6.92 Å². The summed E-state index contributed by atoms with van der Waals surface area (Å²) < 4.78 is 5.56. The molecule has 2 aromatic heterocycles. The van der Waals surface area contributed by atoms with E-state index in [0.29, 0.717) is 28.0 Å². The molecular weight excluding hydrogens is 388 g/mol. The molecule has 0 bridgehead atoms. The molecule has 8 nitrogen and oxygen atoms in total. The van der Waals surface area contributed by atoms with E-state index in [2.05, 4.69) is 26.9 Å². The molecule has 3 aromatic rings. The number of aryl methyl sites for hydroxylation is 2. The van der Waals surface area contributed by atoms with Crippen molar-refractivity contribution in [2.45, 2.75) is 46.6 Å². The minimum Gasteiger partial charge on any atom is -0.389 e. The van der Waals surface area contributed by atoms with Crippen molar-refractivity contribution in [1.82, 2.24) is 19.6 Å². The molecule has 0 saturated heterocycles. The second-order valence-electron chi connectivity index (χ2n) is 6.77. The third-order valence-electron chi connectivity index (χ3n) is 4.63. The highest BCUT2D eigenvalue weighted by Gasteiger charge is 2.17. The summed E-state index contributed by atoms with van der Waals surface area (Å²) in [6.45, 7) is 6.15. The molecule has 29 heavy (non-hydrogen) atoms. The summed E-state index contributed by atoms with van der Waals surface area (Å²) in [6.07, 6.45) is 2.84. The Morgan fingerprint density at radius 3 is 2.66 bits per heavy atom. The smallest absolute Gasteiger partial charge is 0.292 e. The third-order valence-corrected chi connectivity index (χ3v) is 5.40. The van der Waals surface area contributed by atoms with Crippen LogP contribution in [0.5, 0.6) is 0 Å². The molecule has 1 aromatic carbocycles. The molecule has 152 valence electrons. The molecule has 0 fully saturated rings. The van der Waals surface area contributed by atoms with Crippen LogP contribution in [0.25, 0.3) is 10.8 Å². The van der Waals surface area contributed by atoms with Crippen molar-refractivity contribution in [3.05, 3.63) is 51.6 Å². The summed E-state index contributed by atoms with van der Waals surface area (Å²) in [5.74, 6) is -0.482. The Labute approximate surface area is 172 Å². The lowest BCUT2D eigenvalue weighted by molar-refractivity contribution is 0.0949. The van der Waals surface area contributed by atoms with Crippen molar-refractivity contribution in [2.24, 2.45) is 5.10 Å². The van der Waals surface area contributed by atoms with Crippen LogP contribution in [-0.2, 0) is 6.54 Å². The molecule has 0 saturated carbocycles. The molecule has 0 atom stereocenters. The van der Waals surface area contributed by atoms with Crippen LogP contribution in [0.2, 0.25) is 0 Å². The number of carbonyl (C=O) groups excluding carboxylic acids is 1. The molecule has 3 rings (SSSR count). The van der Waals surface area contributed by atoms with Gasteiger partial charge in [-0.05, 0) is 37.9 Å². The summed E-state index contributed by atoms with van der Waals surface area (Å²) >= 11 is 1.19. The predicted octanol–water partition coefficient (Wildman–Crippen LogP) is 3.09. The van der Waals surface area contributed by atoms with Crippen LogP contribution < -0.4 is 16.7 Å². The quantitative estimate of drug-likeness (QED) is 0.351. The fraction of sp³-hybridized carbons (Fsp3) is 0.350. The van der Waals surface area contributed by atoms with Gasteiger partial charge in [0.15, 0.2) is 5.69 Å². The SMILES string of the molecule is CCCCCn1nc(C(=O)N/N=C(/C)c2c(C)nsc2N)c2ccccc2c1=O. The third kappa shape index (κ3) is 4.34. The lowest BCUT2D eigenvalue weighted by Gasteiger charge is -2.10. The largest absolute Gasteiger partial charge is 0.389 e.